The maximum atomic E-state index is 12.2. The summed E-state index contributed by atoms with van der Waals surface area (Å²) in [4.78, 5) is 24.4. The van der Waals surface area contributed by atoms with E-state index in [0.717, 1.165) is 12.8 Å². The number of rotatable bonds is 4. The Kier molecular flexibility index (Phi) is 4.47. The van der Waals surface area contributed by atoms with E-state index in [4.69, 9.17) is 21.1 Å². The number of carboxylic acids is 1. The number of carboxylic acid groups (broad SMARTS) is 1. The molecule has 1 atom stereocenters. The van der Waals surface area contributed by atoms with Gasteiger partial charge in [0.15, 0.2) is 11.0 Å². The van der Waals surface area contributed by atoms with E-state index in [-0.39, 0.29) is 29.2 Å². The van der Waals surface area contributed by atoms with Crippen molar-refractivity contribution in [3.63, 3.8) is 0 Å². The summed E-state index contributed by atoms with van der Waals surface area (Å²) in [5, 5.41) is 8.89. The molecular weight excluding hydrogens is 270 g/mol. The minimum atomic E-state index is -0.790. The molecule has 1 saturated heterocycles. The number of hydrogen-bond donors (Lipinski definition) is 1. The minimum Gasteiger partial charge on any atom is -0.481 e. The highest BCUT2D eigenvalue weighted by atomic mass is 35.5. The fourth-order valence-electron chi connectivity index (χ4n) is 2.40. The zero-order valence-electron chi connectivity index (χ0n) is 10.5. The van der Waals surface area contributed by atoms with Crippen LogP contribution >= 0.6 is 11.6 Å². The average molecular weight is 286 g/mol. The second kappa shape index (κ2) is 6.10. The van der Waals surface area contributed by atoms with E-state index in [9.17, 15) is 9.59 Å². The summed E-state index contributed by atoms with van der Waals surface area (Å²) in [6.45, 7) is 1.27. The third kappa shape index (κ3) is 3.73. The van der Waals surface area contributed by atoms with Gasteiger partial charge < -0.3 is 14.4 Å². The summed E-state index contributed by atoms with van der Waals surface area (Å²) in [5.41, 5.74) is 0. The van der Waals surface area contributed by atoms with Crippen molar-refractivity contribution in [3.05, 3.63) is 23.1 Å². The van der Waals surface area contributed by atoms with Crippen molar-refractivity contribution in [2.75, 3.05) is 13.1 Å². The molecule has 0 spiro atoms. The predicted octanol–water partition coefficient (Wildman–Crippen LogP) is 2.65. The molecule has 0 saturated carbocycles. The molecule has 1 aliphatic heterocycles. The van der Waals surface area contributed by atoms with E-state index in [1.165, 1.54) is 0 Å². The SMILES string of the molecule is O=C(O)CCC1CCCN(C(=O)c2ccc(Cl)o2)C1. The number of furan rings is 1. The van der Waals surface area contributed by atoms with Crippen LogP contribution in [0.25, 0.3) is 0 Å². The number of hydrogen-bond acceptors (Lipinski definition) is 3. The number of piperidine rings is 1. The van der Waals surface area contributed by atoms with E-state index in [2.05, 4.69) is 0 Å². The summed E-state index contributed by atoms with van der Waals surface area (Å²) >= 11 is 5.65. The van der Waals surface area contributed by atoms with Crippen LogP contribution in [0.4, 0.5) is 0 Å². The van der Waals surface area contributed by atoms with Crippen LogP contribution in [0.3, 0.4) is 0 Å². The van der Waals surface area contributed by atoms with Crippen molar-refractivity contribution in [2.24, 2.45) is 5.92 Å². The van der Waals surface area contributed by atoms with Crippen LogP contribution in [0.5, 0.6) is 0 Å². The number of carbonyl (C=O) groups excluding carboxylic acids is 1. The van der Waals surface area contributed by atoms with E-state index in [1.54, 1.807) is 17.0 Å². The summed E-state index contributed by atoms with van der Waals surface area (Å²) in [7, 11) is 0. The molecule has 19 heavy (non-hydrogen) atoms. The van der Waals surface area contributed by atoms with Gasteiger partial charge in [-0.25, -0.2) is 0 Å². The molecule has 5 nitrogen and oxygen atoms in total. The van der Waals surface area contributed by atoms with Gasteiger partial charge in [-0.3, -0.25) is 9.59 Å². The molecule has 1 fully saturated rings. The van der Waals surface area contributed by atoms with Crippen LogP contribution < -0.4 is 0 Å². The molecule has 0 radical (unpaired) electrons. The van der Waals surface area contributed by atoms with Gasteiger partial charge in [-0.05, 0) is 48.9 Å². The molecule has 1 N–H and O–H groups in total. The van der Waals surface area contributed by atoms with Gasteiger partial charge in [0.05, 0.1) is 0 Å². The molecule has 1 aromatic rings. The maximum absolute atomic E-state index is 12.2. The number of amides is 1. The van der Waals surface area contributed by atoms with Gasteiger partial charge in [0, 0.05) is 19.5 Å². The fraction of sp³-hybridized carbons (Fsp3) is 0.538. The van der Waals surface area contributed by atoms with Gasteiger partial charge >= 0.3 is 5.97 Å². The molecule has 2 rings (SSSR count). The van der Waals surface area contributed by atoms with Crippen LogP contribution in [0.15, 0.2) is 16.5 Å². The summed E-state index contributed by atoms with van der Waals surface area (Å²) in [6.07, 6.45) is 2.62. The molecule has 1 amide bonds. The zero-order valence-corrected chi connectivity index (χ0v) is 11.2. The lowest BCUT2D eigenvalue weighted by Crippen LogP contribution is -2.39. The summed E-state index contributed by atoms with van der Waals surface area (Å²) in [5.74, 6) is -0.476. The van der Waals surface area contributed by atoms with Crippen molar-refractivity contribution in [3.8, 4) is 0 Å². The first-order chi connectivity index (χ1) is 9.06. The van der Waals surface area contributed by atoms with Crippen LogP contribution in [0, 0.1) is 5.92 Å². The Morgan fingerprint density at radius 2 is 2.26 bits per heavy atom. The molecule has 0 aromatic carbocycles. The predicted molar refractivity (Wildman–Crippen MR) is 69.2 cm³/mol. The first-order valence-electron chi connectivity index (χ1n) is 6.32. The fourth-order valence-corrected chi connectivity index (χ4v) is 2.54. The lowest BCUT2D eigenvalue weighted by molar-refractivity contribution is -0.137. The molecule has 104 valence electrons. The van der Waals surface area contributed by atoms with E-state index in [1.807, 2.05) is 0 Å². The quantitative estimate of drug-likeness (QED) is 0.923. The molecule has 6 heteroatoms. The van der Waals surface area contributed by atoms with E-state index in [0.29, 0.717) is 19.5 Å². The highest BCUT2D eigenvalue weighted by Gasteiger charge is 2.26. The largest absolute Gasteiger partial charge is 0.481 e. The monoisotopic (exact) mass is 285 g/mol. The molecule has 2 heterocycles. The number of carbonyl (C=O) groups is 2. The minimum absolute atomic E-state index is 0.152. The normalized spacial score (nSPS) is 19.4. The third-order valence-corrected chi connectivity index (χ3v) is 3.56. The van der Waals surface area contributed by atoms with Gasteiger partial charge in [0.1, 0.15) is 0 Å². The van der Waals surface area contributed by atoms with E-state index >= 15 is 0 Å². The molecule has 1 unspecified atom stereocenters. The molecule has 0 aliphatic carbocycles. The van der Waals surface area contributed by atoms with Crippen LogP contribution in [-0.4, -0.2) is 35.0 Å². The number of likely N-dealkylation sites (tertiary alicyclic amines) is 1. The molecular formula is C13H16ClNO4. The standard InChI is InChI=1S/C13H16ClNO4/c14-11-5-4-10(19-11)13(18)15-7-1-2-9(8-15)3-6-12(16)17/h4-5,9H,1-3,6-8H2,(H,16,17). The first-order valence-corrected chi connectivity index (χ1v) is 6.70. The second-order valence-corrected chi connectivity index (χ2v) is 5.17. The van der Waals surface area contributed by atoms with Crippen LogP contribution in [0.2, 0.25) is 5.22 Å². The van der Waals surface area contributed by atoms with Gasteiger partial charge in [-0.1, -0.05) is 0 Å². The Morgan fingerprint density at radius 3 is 2.89 bits per heavy atom. The second-order valence-electron chi connectivity index (χ2n) is 4.80. The highest BCUT2D eigenvalue weighted by molar-refractivity contribution is 6.29. The van der Waals surface area contributed by atoms with Gasteiger partial charge in [0.2, 0.25) is 0 Å². The maximum Gasteiger partial charge on any atom is 0.303 e. The number of nitrogens with zero attached hydrogens (tertiary/aromatic N) is 1. The first kappa shape index (κ1) is 13.9. The molecule has 1 aliphatic rings. The summed E-state index contributed by atoms with van der Waals surface area (Å²) < 4.78 is 5.11. The smallest absolute Gasteiger partial charge is 0.303 e. The highest BCUT2D eigenvalue weighted by Crippen LogP contribution is 2.23. The Labute approximate surface area is 116 Å². The van der Waals surface area contributed by atoms with Gasteiger partial charge in [-0.2, -0.15) is 0 Å². The van der Waals surface area contributed by atoms with Crippen molar-refractivity contribution >= 4 is 23.5 Å². The molecule has 1 aromatic heterocycles. The number of aliphatic carboxylic acids is 1. The Balaban J connectivity index is 1.93. The Bertz CT molecular complexity index is 471. The van der Waals surface area contributed by atoms with Crippen LogP contribution in [-0.2, 0) is 4.79 Å². The number of halogens is 1. The van der Waals surface area contributed by atoms with Crippen molar-refractivity contribution in [1.82, 2.24) is 4.90 Å². The summed E-state index contributed by atoms with van der Waals surface area (Å²) in [6, 6.07) is 3.10. The van der Waals surface area contributed by atoms with Gasteiger partial charge in [-0.15, -0.1) is 0 Å². The van der Waals surface area contributed by atoms with Crippen molar-refractivity contribution in [1.29, 1.82) is 0 Å². The van der Waals surface area contributed by atoms with Crippen molar-refractivity contribution in [2.45, 2.75) is 25.7 Å². The Morgan fingerprint density at radius 1 is 1.47 bits per heavy atom. The zero-order chi connectivity index (χ0) is 13.8. The van der Waals surface area contributed by atoms with Crippen molar-refractivity contribution < 1.29 is 19.1 Å². The average Bonchev–Trinajstić information content (AvgIpc) is 2.82. The van der Waals surface area contributed by atoms with Crippen LogP contribution in [0.1, 0.15) is 36.2 Å². The lowest BCUT2D eigenvalue weighted by Gasteiger charge is -2.32. The Hall–Kier alpha value is -1.49. The molecule has 0 bridgehead atoms. The lowest BCUT2D eigenvalue weighted by atomic mass is 9.93. The van der Waals surface area contributed by atoms with Gasteiger partial charge in [0.25, 0.3) is 5.91 Å². The van der Waals surface area contributed by atoms with E-state index < -0.39 is 5.97 Å². The third-order valence-electron chi connectivity index (χ3n) is 3.36. The topological polar surface area (TPSA) is 70.8 Å².